The van der Waals surface area contributed by atoms with Gasteiger partial charge < -0.3 is 15.8 Å². The molecule has 2 heterocycles. The highest BCUT2D eigenvalue weighted by molar-refractivity contribution is 9.10. The maximum Gasteiger partial charge on any atom is 0.332 e. The molecule has 0 atom stereocenters. The van der Waals surface area contributed by atoms with Gasteiger partial charge in [0, 0.05) is 9.50 Å². The van der Waals surface area contributed by atoms with E-state index in [0.29, 0.717) is 15.2 Å². The van der Waals surface area contributed by atoms with Gasteiger partial charge in [0.1, 0.15) is 11.3 Å². The molecule has 0 saturated heterocycles. The van der Waals surface area contributed by atoms with Crippen LogP contribution in [-0.2, 0) is 0 Å². The van der Waals surface area contributed by atoms with Crippen molar-refractivity contribution in [2.45, 2.75) is 0 Å². The van der Waals surface area contributed by atoms with Crippen LogP contribution in [0.4, 0.5) is 0 Å². The topological polar surface area (TPSA) is 127 Å². The second kappa shape index (κ2) is 6.77. The molecule has 4 N–H and O–H groups in total. The molecule has 0 saturated carbocycles. The molecule has 0 aliphatic rings. The van der Waals surface area contributed by atoms with Crippen molar-refractivity contribution >= 4 is 44.6 Å². The Hall–Kier alpha value is -3.17. The molecule has 1 amide bonds. The molecule has 4 aromatic rings. The lowest BCUT2D eigenvalue weighted by Gasteiger charge is -2.08. The molecule has 2 aromatic heterocycles. The van der Waals surface area contributed by atoms with Gasteiger partial charge in [-0.1, -0.05) is 27.5 Å². The summed E-state index contributed by atoms with van der Waals surface area (Å²) in [5, 5.41) is 10.7. The van der Waals surface area contributed by atoms with Crippen molar-refractivity contribution in [2.24, 2.45) is 5.73 Å². The fourth-order valence-corrected chi connectivity index (χ4v) is 3.29. The van der Waals surface area contributed by atoms with Crippen LogP contribution in [0.2, 0.25) is 5.02 Å². The van der Waals surface area contributed by atoms with E-state index in [1.54, 1.807) is 36.4 Å². The van der Waals surface area contributed by atoms with Crippen LogP contribution in [0.1, 0.15) is 10.5 Å². The number of imidazole rings is 1. The summed E-state index contributed by atoms with van der Waals surface area (Å²) in [5.74, 6) is -0.886. The second-order valence-electron chi connectivity index (χ2n) is 5.86. The summed E-state index contributed by atoms with van der Waals surface area (Å²) >= 11 is 9.24. The fourth-order valence-electron chi connectivity index (χ4n) is 2.80. The zero-order valence-corrected chi connectivity index (χ0v) is 16.3. The van der Waals surface area contributed by atoms with E-state index < -0.39 is 11.6 Å². The number of phenols is 1. The number of nitrogens with zero attached hydrogens (tertiary/aromatic N) is 3. The van der Waals surface area contributed by atoms with E-state index >= 15 is 0 Å². The van der Waals surface area contributed by atoms with Crippen LogP contribution < -0.4 is 11.4 Å². The summed E-state index contributed by atoms with van der Waals surface area (Å²) in [6.07, 6.45) is 0. The highest BCUT2D eigenvalue weighted by atomic mass is 79.9. The number of phenolic OH excluding ortho intramolecular Hbond substituents is 1. The number of aromatic nitrogens is 4. The number of primary amides is 1. The minimum absolute atomic E-state index is 0.0433. The number of nitrogens with two attached hydrogens (primary N) is 1. The summed E-state index contributed by atoms with van der Waals surface area (Å²) in [4.78, 5) is 35.7. The Kier molecular flexibility index (Phi) is 4.40. The van der Waals surface area contributed by atoms with Crippen LogP contribution in [-0.4, -0.2) is 30.5 Å². The number of fused-ring (bicyclic) bond motifs is 1. The Bertz CT molecular complexity index is 1300. The number of nitrogens with one attached hydrogen (secondary N) is 1. The predicted molar refractivity (Wildman–Crippen MR) is 108 cm³/mol. The number of carbonyl (C=O) groups excluding carboxylic acids is 1. The highest BCUT2D eigenvalue weighted by Crippen LogP contribution is 2.31. The minimum Gasteiger partial charge on any atom is -0.507 e. The third-order valence-electron chi connectivity index (χ3n) is 4.05. The monoisotopic (exact) mass is 459 g/mol. The van der Waals surface area contributed by atoms with Crippen molar-refractivity contribution in [3.63, 3.8) is 0 Å². The first-order valence-electron chi connectivity index (χ1n) is 7.92. The number of halogens is 2. The molecule has 0 aliphatic heterocycles. The molecule has 140 valence electrons. The molecule has 0 bridgehead atoms. The van der Waals surface area contributed by atoms with Gasteiger partial charge in [-0.2, -0.15) is 0 Å². The first-order chi connectivity index (χ1) is 13.3. The summed E-state index contributed by atoms with van der Waals surface area (Å²) < 4.78 is 1.95. The largest absolute Gasteiger partial charge is 0.507 e. The predicted octanol–water partition coefficient (Wildman–Crippen LogP) is 3.00. The Labute approximate surface area is 170 Å². The molecular formula is C18H11BrClN5O3. The molecule has 2 aromatic carbocycles. The van der Waals surface area contributed by atoms with Crippen LogP contribution in [0.5, 0.6) is 5.75 Å². The van der Waals surface area contributed by atoms with Crippen molar-refractivity contribution in [3.8, 4) is 22.8 Å². The quantitative estimate of drug-likeness (QED) is 0.433. The van der Waals surface area contributed by atoms with Crippen LogP contribution in [0, 0.1) is 0 Å². The molecule has 0 unspecified atom stereocenters. The molecule has 4 rings (SSSR count). The van der Waals surface area contributed by atoms with Crippen molar-refractivity contribution < 1.29 is 9.90 Å². The lowest BCUT2D eigenvalue weighted by atomic mass is 10.2. The number of hydrogen-bond acceptors (Lipinski definition) is 5. The number of aromatic hydroxyl groups is 1. The summed E-state index contributed by atoms with van der Waals surface area (Å²) in [5.41, 5.74) is 5.78. The van der Waals surface area contributed by atoms with Crippen molar-refractivity contribution in [3.05, 3.63) is 68.1 Å². The fraction of sp³-hybridized carbons (Fsp3) is 0. The first-order valence-corrected chi connectivity index (χ1v) is 9.09. The van der Waals surface area contributed by atoms with E-state index in [9.17, 15) is 14.7 Å². The number of carbonyl (C=O) groups is 1. The van der Waals surface area contributed by atoms with E-state index in [-0.39, 0.29) is 34.0 Å². The van der Waals surface area contributed by atoms with Gasteiger partial charge in [0.05, 0.1) is 11.3 Å². The van der Waals surface area contributed by atoms with Gasteiger partial charge in [0.15, 0.2) is 17.2 Å². The molecule has 0 radical (unpaired) electrons. The van der Waals surface area contributed by atoms with Crippen LogP contribution >= 0.6 is 27.5 Å². The second-order valence-corrected chi connectivity index (χ2v) is 7.21. The molecule has 0 fully saturated rings. The molecular weight excluding hydrogens is 450 g/mol. The molecule has 0 aliphatic carbocycles. The maximum atomic E-state index is 12.6. The number of rotatable bonds is 3. The van der Waals surface area contributed by atoms with E-state index in [4.69, 9.17) is 17.3 Å². The van der Waals surface area contributed by atoms with Gasteiger partial charge in [-0.3, -0.25) is 4.79 Å². The third kappa shape index (κ3) is 3.04. The lowest BCUT2D eigenvalue weighted by Crippen LogP contribution is -2.15. The average molecular weight is 461 g/mol. The zero-order valence-electron chi connectivity index (χ0n) is 14.0. The molecule has 28 heavy (non-hydrogen) atoms. The van der Waals surface area contributed by atoms with Crippen molar-refractivity contribution in [2.75, 3.05) is 0 Å². The van der Waals surface area contributed by atoms with Crippen molar-refractivity contribution in [1.29, 1.82) is 0 Å². The number of H-pyrrole nitrogens is 1. The van der Waals surface area contributed by atoms with Crippen molar-refractivity contribution in [1.82, 2.24) is 19.5 Å². The Balaban J connectivity index is 2.08. The van der Waals surface area contributed by atoms with Gasteiger partial charge in [-0.05, 0) is 42.5 Å². The SMILES string of the molecule is NC(=O)c1nc(-c2cc(Br)ccc2O)nc2c1[nH]c(=O)n2-c1ccc(Cl)cc1. The van der Waals surface area contributed by atoms with Gasteiger partial charge in [0.25, 0.3) is 5.91 Å². The van der Waals surface area contributed by atoms with Gasteiger partial charge in [-0.25, -0.2) is 19.3 Å². The van der Waals surface area contributed by atoms with E-state index in [0.717, 1.165) is 0 Å². The normalized spacial score (nSPS) is 11.1. The third-order valence-corrected chi connectivity index (χ3v) is 4.80. The standard InChI is InChI=1S/C18H11BrClN5O3/c19-8-1-6-12(26)11(7-8)16-22-13(15(21)27)14-17(24-16)25(18(28)23-14)10-4-2-9(20)3-5-10/h1-7,26H,(H2,21,27)(H,23,28). The number of amides is 1. The van der Waals surface area contributed by atoms with E-state index in [1.807, 2.05) is 0 Å². The van der Waals surface area contributed by atoms with Gasteiger partial charge in [0.2, 0.25) is 0 Å². The van der Waals surface area contributed by atoms with Crippen LogP contribution in [0.15, 0.2) is 51.7 Å². The molecule has 8 nitrogen and oxygen atoms in total. The Morgan fingerprint density at radius 1 is 1.18 bits per heavy atom. The summed E-state index contributed by atoms with van der Waals surface area (Å²) in [6.45, 7) is 0. The highest BCUT2D eigenvalue weighted by Gasteiger charge is 2.21. The first kappa shape index (κ1) is 18.2. The lowest BCUT2D eigenvalue weighted by molar-refractivity contribution is 0.0997. The van der Waals surface area contributed by atoms with E-state index in [1.165, 1.54) is 10.6 Å². The summed E-state index contributed by atoms with van der Waals surface area (Å²) in [6, 6.07) is 11.2. The Morgan fingerprint density at radius 2 is 1.89 bits per heavy atom. The minimum atomic E-state index is -0.840. The molecule has 0 spiro atoms. The number of hydrogen-bond donors (Lipinski definition) is 3. The van der Waals surface area contributed by atoms with Crippen LogP contribution in [0.3, 0.4) is 0 Å². The average Bonchev–Trinajstić information content (AvgIpc) is 2.99. The van der Waals surface area contributed by atoms with E-state index in [2.05, 4.69) is 30.9 Å². The van der Waals surface area contributed by atoms with Crippen LogP contribution in [0.25, 0.3) is 28.2 Å². The maximum absolute atomic E-state index is 12.6. The number of benzene rings is 2. The zero-order chi connectivity index (χ0) is 20.0. The number of aromatic amines is 1. The van der Waals surface area contributed by atoms with Gasteiger partial charge in [-0.15, -0.1) is 0 Å². The summed E-state index contributed by atoms with van der Waals surface area (Å²) in [7, 11) is 0. The van der Waals surface area contributed by atoms with Gasteiger partial charge >= 0.3 is 5.69 Å². The smallest absolute Gasteiger partial charge is 0.332 e. The molecule has 10 heteroatoms. The Morgan fingerprint density at radius 3 is 2.57 bits per heavy atom.